The summed E-state index contributed by atoms with van der Waals surface area (Å²) >= 11 is 1.16. The largest absolute Gasteiger partial charge is 0.329 e. The van der Waals surface area contributed by atoms with Gasteiger partial charge in [0.05, 0.1) is 0 Å². The van der Waals surface area contributed by atoms with Gasteiger partial charge in [-0.15, -0.1) is 11.3 Å². The van der Waals surface area contributed by atoms with Gasteiger partial charge in [-0.3, -0.25) is 19.7 Å². The van der Waals surface area contributed by atoms with Crippen LogP contribution in [-0.2, 0) is 0 Å². The summed E-state index contributed by atoms with van der Waals surface area (Å²) in [7, 11) is 0. The normalized spacial score (nSPS) is 10.1. The molecule has 2 aromatic heterocycles. The van der Waals surface area contributed by atoms with Crippen molar-refractivity contribution in [3.8, 4) is 0 Å². The van der Waals surface area contributed by atoms with Crippen LogP contribution in [0.5, 0.6) is 0 Å². The van der Waals surface area contributed by atoms with Gasteiger partial charge in [-0.25, -0.2) is 4.98 Å². The third kappa shape index (κ3) is 2.69. The third-order valence-electron chi connectivity index (χ3n) is 2.12. The summed E-state index contributed by atoms with van der Waals surface area (Å²) in [6, 6.07) is 2.67. The van der Waals surface area contributed by atoms with Gasteiger partial charge in [-0.1, -0.05) is 0 Å². The molecule has 18 heavy (non-hydrogen) atoms. The number of nitrogens with zero attached hydrogens (tertiary/aromatic N) is 1. The van der Waals surface area contributed by atoms with E-state index in [1.807, 2.05) is 0 Å². The second kappa shape index (κ2) is 4.92. The topological polar surface area (TPSA) is 91.9 Å². The van der Waals surface area contributed by atoms with Gasteiger partial charge < -0.3 is 4.98 Å². The zero-order valence-corrected chi connectivity index (χ0v) is 10.2. The van der Waals surface area contributed by atoms with Crippen molar-refractivity contribution >= 4 is 28.2 Å². The number of hydrogen-bond donors (Lipinski definition) is 2. The Balaban J connectivity index is 2.16. The number of hydrogen-bond acceptors (Lipinski definition) is 5. The number of rotatable bonds is 3. The van der Waals surface area contributed by atoms with Gasteiger partial charge in [0, 0.05) is 30.1 Å². The summed E-state index contributed by atoms with van der Waals surface area (Å²) in [4.78, 5) is 40.2. The van der Waals surface area contributed by atoms with Crippen LogP contribution in [0.2, 0.25) is 0 Å². The minimum atomic E-state index is -0.439. The van der Waals surface area contributed by atoms with Crippen molar-refractivity contribution in [1.29, 1.82) is 0 Å². The van der Waals surface area contributed by atoms with Crippen molar-refractivity contribution < 1.29 is 9.59 Å². The summed E-state index contributed by atoms with van der Waals surface area (Å²) in [6.45, 7) is 1.40. The van der Waals surface area contributed by atoms with Crippen LogP contribution in [0.1, 0.15) is 27.8 Å². The number of carbonyl (C=O) groups is 2. The maximum atomic E-state index is 11.8. The first-order valence-electron chi connectivity index (χ1n) is 5.03. The molecule has 92 valence electrons. The molecule has 0 spiro atoms. The zero-order valence-electron chi connectivity index (χ0n) is 9.39. The van der Waals surface area contributed by atoms with E-state index in [9.17, 15) is 14.4 Å². The second-order valence-corrected chi connectivity index (χ2v) is 4.35. The molecule has 0 bridgehead atoms. The lowest BCUT2D eigenvalue weighted by atomic mass is 10.2. The highest BCUT2D eigenvalue weighted by molar-refractivity contribution is 7.14. The molecular formula is C11H9N3O3S. The fraction of sp³-hybridized carbons (Fsp3) is 0.0909. The van der Waals surface area contributed by atoms with E-state index in [4.69, 9.17) is 0 Å². The Bertz CT molecular complexity index is 659. The zero-order chi connectivity index (χ0) is 13.1. The monoisotopic (exact) mass is 263 g/mol. The average molecular weight is 263 g/mol. The Kier molecular flexibility index (Phi) is 3.33. The molecule has 2 heterocycles. The van der Waals surface area contributed by atoms with E-state index in [0.29, 0.717) is 10.8 Å². The van der Waals surface area contributed by atoms with E-state index in [-0.39, 0.29) is 16.9 Å². The quantitative estimate of drug-likeness (QED) is 0.816. The molecule has 0 aliphatic rings. The molecule has 0 aliphatic carbocycles. The highest BCUT2D eigenvalue weighted by Gasteiger charge is 2.10. The Hall–Kier alpha value is -2.28. The summed E-state index contributed by atoms with van der Waals surface area (Å²) in [5, 5.41) is 4.41. The number of aromatic nitrogens is 2. The average Bonchev–Trinajstić information content (AvgIpc) is 2.77. The molecule has 1 amide bonds. The van der Waals surface area contributed by atoms with Crippen LogP contribution >= 0.6 is 11.3 Å². The van der Waals surface area contributed by atoms with Gasteiger partial charge in [-0.2, -0.15) is 0 Å². The number of thiazole rings is 1. The van der Waals surface area contributed by atoms with Gasteiger partial charge in [0.15, 0.2) is 10.9 Å². The lowest BCUT2D eigenvalue weighted by Crippen LogP contribution is -2.15. The van der Waals surface area contributed by atoms with E-state index in [2.05, 4.69) is 15.3 Å². The molecule has 0 atom stereocenters. The van der Waals surface area contributed by atoms with Crippen LogP contribution in [0.25, 0.3) is 0 Å². The number of anilines is 1. The van der Waals surface area contributed by atoms with Crippen LogP contribution in [-0.4, -0.2) is 21.7 Å². The fourth-order valence-corrected chi connectivity index (χ4v) is 1.99. The Morgan fingerprint density at radius 3 is 2.83 bits per heavy atom. The van der Waals surface area contributed by atoms with Gasteiger partial charge >= 0.3 is 0 Å². The first-order chi connectivity index (χ1) is 8.56. The van der Waals surface area contributed by atoms with Crippen LogP contribution < -0.4 is 10.9 Å². The molecule has 0 radical (unpaired) electrons. The molecule has 0 aliphatic heterocycles. The van der Waals surface area contributed by atoms with E-state index in [0.717, 1.165) is 11.3 Å². The van der Waals surface area contributed by atoms with E-state index in [1.54, 1.807) is 5.38 Å². The first-order valence-corrected chi connectivity index (χ1v) is 5.91. The number of amides is 1. The third-order valence-corrected chi connectivity index (χ3v) is 2.88. The molecule has 2 rings (SSSR count). The highest BCUT2D eigenvalue weighted by Crippen LogP contribution is 2.16. The molecular weight excluding hydrogens is 254 g/mol. The molecule has 0 saturated heterocycles. The first kappa shape index (κ1) is 12.2. The Labute approximate surface area is 106 Å². The number of ketones is 1. The van der Waals surface area contributed by atoms with Crippen LogP contribution in [0.15, 0.2) is 28.5 Å². The lowest BCUT2D eigenvalue weighted by Gasteiger charge is -2.00. The van der Waals surface area contributed by atoms with Crippen molar-refractivity contribution in [1.82, 2.24) is 9.97 Å². The van der Waals surface area contributed by atoms with Gasteiger partial charge in [0.1, 0.15) is 5.69 Å². The Morgan fingerprint density at radius 2 is 2.22 bits per heavy atom. The molecule has 7 heteroatoms. The van der Waals surface area contributed by atoms with Gasteiger partial charge in [0.2, 0.25) is 5.56 Å². The van der Waals surface area contributed by atoms with Crippen molar-refractivity contribution in [2.24, 2.45) is 0 Å². The minimum Gasteiger partial charge on any atom is -0.329 e. The van der Waals surface area contributed by atoms with Crippen molar-refractivity contribution in [2.45, 2.75) is 6.92 Å². The predicted octanol–water partition coefficient (Wildman–Crippen LogP) is 1.29. The standard InChI is InChI=1S/C11H9N3O3S/c1-6(15)8-5-18-11(13-8)14-10(17)7-2-3-12-9(16)4-7/h2-5H,1H3,(H,12,16)(H,13,14,17). The maximum Gasteiger partial charge on any atom is 0.257 e. The lowest BCUT2D eigenvalue weighted by molar-refractivity contribution is 0.100. The molecule has 2 N–H and O–H groups in total. The highest BCUT2D eigenvalue weighted by atomic mass is 32.1. The smallest absolute Gasteiger partial charge is 0.257 e. The second-order valence-electron chi connectivity index (χ2n) is 3.49. The van der Waals surface area contributed by atoms with Crippen molar-refractivity contribution in [2.75, 3.05) is 5.32 Å². The molecule has 0 fully saturated rings. The van der Waals surface area contributed by atoms with Crippen molar-refractivity contribution in [3.05, 3.63) is 45.3 Å². The summed E-state index contributed by atoms with van der Waals surface area (Å²) in [6.07, 6.45) is 1.39. The number of pyridine rings is 1. The van der Waals surface area contributed by atoms with Crippen LogP contribution in [0.4, 0.5) is 5.13 Å². The maximum absolute atomic E-state index is 11.8. The van der Waals surface area contributed by atoms with E-state index in [1.165, 1.54) is 25.3 Å². The Morgan fingerprint density at radius 1 is 1.44 bits per heavy atom. The summed E-state index contributed by atoms with van der Waals surface area (Å²) in [5.74, 6) is -0.603. The SMILES string of the molecule is CC(=O)c1csc(NC(=O)c2cc[nH]c(=O)c2)n1. The van der Waals surface area contributed by atoms with E-state index < -0.39 is 5.91 Å². The van der Waals surface area contributed by atoms with Gasteiger partial charge in [-0.05, 0) is 6.07 Å². The summed E-state index contributed by atoms with van der Waals surface area (Å²) in [5.41, 5.74) is 0.186. The van der Waals surface area contributed by atoms with Crippen LogP contribution in [0, 0.1) is 0 Å². The number of carbonyl (C=O) groups excluding carboxylic acids is 2. The minimum absolute atomic E-state index is 0.164. The molecule has 0 saturated carbocycles. The predicted molar refractivity (Wildman–Crippen MR) is 67.1 cm³/mol. The number of aromatic amines is 1. The van der Waals surface area contributed by atoms with Crippen LogP contribution in [0.3, 0.4) is 0 Å². The number of Topliss-reactive ketones (excluding diaryl/α,β-unsaturated/α-hetero) is 1. The van der Waals surface area contributed by atoms with Crippen molar-refractivity contribution in [3.63, 3.8) is 0 Å². The fourth-order valence-electron chi connectivity index (χ4n) is 1.25. The van der Waals surface area contributed by atoms with E-state index >= 15 is 0 Å². The number of nitrogens with one attached hydrogen (secondary N) is 2. The van der Waals surface area contributed by atoms with Gasteiger partial charge in [0.25, 0.3) is 5.91 Å². The molecule has 6 nitrogen and oxygen atoms in total. The summed E-state index contributed by atoms with van der Waals surface area (Å²) < 4.78 is 0. The molecule has 0 aromatic carbocycles. The molecule has 2 aromatic rings. The molecule has 0 unspecified atom stereocenters. The number of H-pyrrole nitrogens is 1.